The number of aliphatic carboxylic acids is 1. The van der Waals surface area contributed by atoms with Crippen LogP contribution in [0.1, 0.15) is 12.0 Å². The molecular formula is C14H17ClF3NO3. The molecule has 1 aromatic rings. The van der Waals surface area contributed by atoms with E-state index in [1.54, 1.807) is 12.1 Å². The van der Waals surface area contributed by atoms with E-state index in [-0.39, 0.29) is 24.1 Å². The highest BCUT2D eigenvalue weighted by molar-refractivity contribution is 5.85. The van der Waals surface area contributed by atoms with Crippen LogP contribution in [0, 0.1) is 5.92 Å². The van der Waals surface area contributed by atoms with Crippen LogP contribution < -0.4 is 4.74 Å². The van der Waals surface area contributed by atoms with Crippen LogP contribution in [0.5, 0.6) is 5.75 Å². The van der Waals surface area contributed by atoms with Gasteiger partial charge in [0.15, 0.2) is 6.61 Å². The van der Waals surface area contributed by atoms with Gasteiger partial charge in [-0.15, -0.1) is 12.4 Å². The lowest BCUT2D eigenvalue weighted by molar-refractivity contribution is -0.153. The Morgan fingerprint density at radius 3 is 2.45 bits per heavy atom. The zero-order valence-electron chi connectivity index (χ0n) is 11.7. The van der Waals surface area contributed by atoms with Gasteiger partial charge in [0.05, 0.1) is 5.92 Å². The molecule has 1 aromatic carbocycles. The summed E-state index contributed by atoms with van der Waals surface area (Å²) in [6, 6.07) is 6.37. The Morgan fingerprint density at radius 1 is 1.32 bits per heavy atom. The van der Waals surface area contributed by atoms with Crippen LogP contribution in [0.15, 0.2) is 24.3 Å². The van der Waals surface area contributed by atoms with E-state index in [4.69, 9.17) is 5.11 Å². The summed E-state index contributed by atoms with van der Waals surface area (Å²) >= 11 is 0. The summed E-state index contributed by atoms with van der Waals surface area (Å²) in [5, 5.41) is 8.92. The van der Waals surface area contributed by atoms with Gasteiger partial charge in [-0.25, -0.2) is 0 Å². The van der Waals surface area contributed by atoms with Crippen molar-refractivity contribution in [1.82, 2.24) is 4.90 Å². The number of halogens is 4. The molecule has 0 bridgehead atoms. The van der Waals surface area contributed by atoms with Crippen molar-refractivity contribution >= 4 is 18.4 Å². The van der Waals surface area contributed by atoms with Gasteiger partial charge in [-0.05, 0) is 30.7 Å². The SMILES string of the molecule is Cl.O=C(O)C1CCN(Cc2ccc(OCC(F)(F)F)cc2)C1. The smallest absolute Gasteiger partial charge is 0.422 e. The monoisotopic (exact) mass is 339 g/mol. The third-order valence-corrected chi connectivity index (χ3v) is 3.35. The summed E-state index contributed by atoms with van der Waals surface area (Å²) in [6.45, 7) is 0.493. The fourth-order valence-corrected chi connectivity index (χ4v) is 2.29. The van der Waals surface area contributed by atoms with Crippen LogP contribution in [-0.2, 0) is 11.3 Å². The third kappa shape index (κ3) is 5.73. The van der Waals surface area contributed by atoms with Crippen LogP contribution in [0.2, 0.25) is 0 Å². The van der Waals surface area contributed by atoms with Crippen molar-refractivity contribution in [3.05, 3.63) is 29.8 Å². The predicted molar refractivity (Wildman–Crippen MR) is 76.3 cm³/mol. The largest absolute Gasteiger partial charge is 0.484 e. The van der Waals surface area contributed by atoms with Crippen molar-refractivity contribution in [2.24, 2.45) is 5.92 Å². The van der Waals surface area contributed by atoms with E-state index in [0.29, 0.717) is 26.1 Å². The highest BCUT2D eigenvalue weighted by Gasteiger charge is 2.29. The van der Waals surface area contributed by atoms with E-state index < -0.39 is 18.8 Å². The Labute approximate surface area is 132 Å². The summed E-state index contributed by atoms with van der Waals surface area (Å²) in [7, 11) is 0. The minimum atomic E-state index is -4.35. The van der Waals surface area contributed by atoms with E-state index >= 15 is 0 Å². The molecule has 0 radical (unpaired) electrons. The molecule has 1 aliphatic heterocycles. The van der Waals surface area contributed by atoms with E-state index in [1.165, 1.54) is 12.1 Å². The van der Waals surface area contributed by atoms with Crippen molar-refractivity contribution in [3.63, 3.8) is 0 Å². The predicted octanol–water partition coefficient (Wildman–Crippen LogP) is 2.96. The van der Waals surface area contributed by atoms with Crippen molar-refractivity contribution in [2.45, 2.75) is 19.1 Å². The maximum atomic E-state index is 12.0. The molecule has 1 heterocycles. The molecule has 1 fully saturated rings. The van der Waals surface area contributed by atoms with E-state index in [0.717, 1.165) is 5.56 Å². The number of nitrogens with zero attached hydrogens (tertiary/aromatic N) is 1. The summed E-state index contributed by atoms with van der Waals surface area (Å²) < 4.78 is 40.7. The first-order valence-corrected chi connectivity index (χ1v) is 6.57. The molecule has 8 heteroatoms. The molecule has 2 rings (SSSR count). The Kier molecular flexibility index (Phi) is 6.49. The van der Waals surface area contributed by atoms with Crippen molar-refractivity contribution in [2.75, 3.05) is 19.7 Å². The number of carboxylic acids is 1. The average molecular weight is 340 g/mol. The Morgan fingerprint density at radius 2 is 1.95 bits per heavy atom. The van der Waals surface area contributed by atoms with E-state index in [2.05, 4.69) is 4.74 Å². The van der Waals surface area contributed by atoms with E-state index in [1.807, 2.05) is 4.90 Å². The highest BCUT2D eigenvalue weighted by Crippen LogP contribution is 2.21. The van der Waals surface area contributed by atoms with Gasteiger partial charge in [0.2, 0.25) is 0 Å². The van der Waals surface area contributed by atoms with E-state index in [9.17, 15) is 18.0 Å². The van der Waals surface area contributed by atoms with Gasteiger partial charge in [0.1, 0.15) is 5.75 Å². The molecule has 0 saturated carbocycles. The first-order valence-electron chi connectivity index (χ1n) is 6.57. The minimum absolute atomic E-state index is 0. The van der Waals surface area contributed by atoms with Gasteiger partial charge < -0.3 is 9.84 Å². The first-order chi connectivity index (χ1) is 9.83. The maximum Gasteiger partial charge on any atom is 0.422 e. The fraction of sp³-hybridized carbons (Fsp3) is 0.500. The van der Waals surface area contributed by atoms with Gasteiger partial charge in [-0.2, -0.15) is 13.2 Å². The second-order valence-corrected chi connectivity index (χ2v) is 5.11. The van der Waals surface area contributed by atoms with Crippen LogP contribution in [0.4, 0.5) is 13.2 Å². The summed E-state index contributed by atoms with van der Waals surface area (Å²) in [5.41, 5.74) is 0.917. The maximum absolute atomic E-state index is 12.0. The summed E-state index contributed by atoms with van der Waals surface area (Å²) in [6.07, 6.45) is -3.72. The number of alkyl halides is 3. The standard InChI is InChI=1S/C14H16F3NO3.ClH/c15-14(16,17)9-21-12-3-1-10(2-4-12)7-18-6-5-11(8-18)13(19)20;/h1-4,11H,5-9H2,(H,19,20);1H. The molecule has 22 heavy (non-hydrogen) atoms. The van der Waals surface area contributed by atoms with Crippen molar-refractivity contribution in [3.8, 4) is 5.75 Å². The topological polar surface area (TPSA) is 49.8 Å². The number of carbonyl (C=O) groups is 1. The number of benzene rings is 1. The average Bonchev–Trinajstić information content (AvgIpc) is 2.86. The second-order valence-electron chi connectivity index (χ2n) is 5.11. The molecule has 124 valence electrons. The lowest BCUT2D eigenvalue weighted by Gasteiger charge is -2.15. The van der Waals surface area contributed by atoms with Gasteiger partial charge in [-0.1, -0.05) is 12.1 Å². The Balaban J connectivity index is 0.00000242. The second kappa shape index (κ2) is 7.69. The number of hydrogen-bond donors (Lipinski definition) is 1. The Bertz CT molecular complexity index is 493. The Hall–Kier alpha value is -1.47. The quantitative estimate of drug-likeness (QED) is 0.896. The number of ether oxygens (including phenoxy) is 1. The van der Waals surface area contributed by atoms with Gasteiger partial charge in [0, 0.05) is 13.1 Å². The normalized spacial score (nSPS) is 18.8. The molecular weight excluding hydrogens is 323 g/mol. The molecule has 0 amide bonds. The first kappa shape index (κ1) is 18.6. The summed E-state index contributed by atoms with van der Waals surface area (Å²) in [5.74, 6) is -0.950. The van der Waals surface area contributed by atoms with Gasteiger partial charge in [0.25, 0.3) is 0 Å². The molecule has 4 nitrogen and oxygen atoms in total. The van der Waals surface area contributed by atoms with Crippen LogP contribution >= 0.6 is 12.4 Å². The fourth-order valence-electron chi connectivity index (χ4n) is 2.29. The number of rotatable bonds is 5. The summed E-state index contributed by atoms with van der Waals surface area (Å²) in [4.78, 5) is 12.9. The zero-order valence-corrected chi connectivity index (χ0v) is 12.5. The molecule has 0 aromatic heterocycles. The van der Waals surface area contributed by atoms with Crippen LogP contribution in [-0.4, -0.2) is 41.8 Å². The molecule has 1 atom stereocenters. The molecule has 1 saturated heterocycles. The number of hydrogen-bond acceptors (Lipinski definition) is 3. The molecule has 1 aliphatic rings. The highest BCUT2D eigenvalue weighted by atomic mass is 35.5. The molecule has 0 aliphatic carbocycles. The van der Waals surface area contributed by atoms with Crippen LogP contribution in [0.25, 0.3) is 0 Å². The van der Waals surface area contributed by atoms with Crippen molar-refractivity contribution in [1.29, 1.82) is 0 Å². The molecule has 1 N–H and O–H groups in total. The lowest BCUT2D eigenvalue weighted by atomic mass is 10.1. The van der Waals surface area contributed by atoms with Gasteiger partial charge in [-0.3, -0.25) is 9.69 Å². The number of carboxylic acid groups (broad SMARTS) is 1. The third-order valence-electron chi connectivity index (χ3n) is 3.35. The van der Waals surface area contributed by atoms with Gasteiger partial charge >= 0.3 is 12.1 Å². The molecule has 1 unspecified atom stereocenters. The minimum Gasteiger partial charge on any atom is -0.484 e. The lowest BCUT2D eigenvalue weighted by Crippen LogP contribution is -2.22. The van der Waals surface area contributed by atoms with Crippen LogP contribution in [0.3, 0.4) is 0 Å². The zero-order chi connectivity index (χ0) is 15.5. The van der Waals surface area contributed by atoms with Crippen molar-refractivity contribution < 1.29 is 27.8 Å². The number of likely N-dealkylation sites (tertiary alicyclic amines) is 1. The molecule has 0 spiro atoms.